The summed E-state index contributed by atoms with van der Waals surface area (Å²) in [7, 11) is 0. The van der Waals surface area contributed by atoms with Crippen molar-refractivity contribution in [2.24, 2.45) is 11.1 Å². The number of benzene rings is 2. The summed E-state index contributed by atoms with van der Waals surface area (Å²) in [6, 6.07) is 17.7. The smallest absolute Gasteiger partial charge is 0.353 e. The number of halogens is 4. The first-order valence-corrected chi connectivity index (χ1v) is 9.24. The predicted octanol–water partition coefficient (Wildman–Crippen LogP) is 3.68. The van der Waals surface area contributed by atoms with Crippen LogP contribution in [0, 0.1) is 5.41 Å². The van der Waals surface area contributed by atoms with Gasteiger partial charge < -0.3 is 11.1 Å². The summed E-state index contributed by atoms with van der Waals surface area (Å²) >= 11 is 0. The van der Waals surface area contributed by atoms with E-state index in [0.29, 0.717) is 6.54 Å². The van der Waals surface area contributed by atoms with Gasteiger partial charge in [-0.3, -0.25) is 9.69 Å². The number of nitrogens with one attached hydrogen (secondary N) is 1. The molecule has 29 heavy (non-hydrogen) atoms. The fourth-order valence-corrected chi connectivity index (χ4v) is 3.60. The number of carbonyl (C=O) groups excluding carboxylic acids is 1. The van der Waals surface area contributed by atoms with Gasteiger partial charge in [-0.1, -0.05) is 60.7 Å². The highest BCUT2D eigenvalue weighted by atomic mass is 35.5. The van der Waals surface area contributed by atoms with Crippen LogP contribution in [0.15, 0.2) is 60.7 Å². The third kappa shape index (κ3) is 5.29. The maximum absolute atomic E-state index is 13.9. The minimum atomic E-state index is -4.63. The Morgan fingerprint density at radius 1 is 1.10 bits per heavy atom. The van der Waals surface area contributed by atoms with Crippen molar-refractivity contribution in [1.82, 2.24) is 10.2 Å². The summed E-state index contributed by atoms with van der Waals surface area (Å²) in [5, 5.41) is 2.44. The molecule has 1 aliphatic rings. The molecule has 1 fully saturated rings. The van der Waals surface area contributed by atoms with Crippen LogP contribution < -0.4 is 11.1 Å². The summed E-state index contributed by atoms with van der Waals surface area (Å²) in [4.78, 5) is 14.3. The molecule has 1 aliphatic heterocycles. The monoisotopic (exact) mass is 427 g/mol. The van der Waals surface area contributed by atoms with Crippen LogP contribution in [0.5, 0.6) is 0 Å². The molecular formula is C21H25ClF3N3O. The second-order valence-electron chi connectivity index (χ2n) is 7.25. The number of carbonyl (C=O) groups is 1. The quantitative estimate of drug-likeness (QED) is 0.739. The Labute approximate surface area is 174 Å². The van der Waals surface area contributed by atoms with Gasteiger partial charge in [-0.25, -0.2) is 0 Å². The molecule has 0 spiro atoms. The molecule has 0 aromatic heterocycles. The fourth-order valence-electron chi connectivity index (χ4n) is 3.60. The number of nitrogens with zero attached hydrogens (tertiary/aromatic N) is 1. The molecule has 0 bridgehead atoms. The Kier molecular flexibility index (Phi) is 7.68. The predicted molar refractivity (Wildman–Crippen MR) is 108 cm³/mol. The van der Waals surface area contributed by atoms with Crippen molar-refractivity contribution >= 4 is 18.3 Å². The van der Waals surface area contributed by atoms with Crippen LogP contribution in [0.25, 0.3) is 0 Å². The molecule has 8 heteroatoms. The second-order valence-corrected chi connectivity index (χ2v) is 7.25. The van der Waals surface area contributed by atoms with Crippen LogP contribution >= 0.6 is 12.4 Å². The van der Waals surface area contributed by atoms with E-state index >= 15 is 0 Å². The molecule has 2 aromatic rings. The third-order valence-electron chi connectivity index (χ3n) is 5.28. The van der Waals surface area contributed by atoms with E-state index in [0.717, 1.165) is 11.1 Å². The van der Waals surface area contributed by atoms with Gasteiger partial charge in [0.2, 0.25) is 5.91 Å². The molecule has 3 N–H and O–H groups in total. The molecule has 3 rings (SSSR count). The van der Waals surface area contributed by atoms with Crippen molar-refractivity contribution in [3.8, 4) is 0 Å². The molecule has 158 valence electrons. The number of amides is 1. The fraction of sp³-hybridized carbons (Fsp3) is 0.381. The Morgan fingerprint density at radius 3 is 2.28 bits per heavy atom. The van der Waals surface area contributed by atoms with Crippen molar-refractivity contribution in [2.45, 2.75) is 25.2 Å². The summed E-state index contributed by atoms with van der Waals surface area (Å²) in [6.45, 7) is 0.208. The zero-order chi connectivity index (χ0) is 20.2. The van der Waals surface area contributed by atoms with E-state index in [-0.39, 0.29) is 38.5 Å². The Morgan fingerprint density at radius 2 is 1.69 bits per heavy atom. The number of alkyl halides is 3. The lowest BCUT2D eigenvalue weighted by molar-refractivity contribution is -0.218. The van der Waals surface area contributed by atoms with Gasteiger partial charge in [0.25, 0.3) is 0 Å². The first-order valence-electron chi connectivity index (χ1n) is 9.24. The number of likely N-dealkylation sites (tertiary alicyclic amines) is 1. The summed E-state index contributed by atoms with van der Waals surface area (Å²) < 4.78 is 41.7. The zero-order valence-electron chi connectivity index (χ0n) is 15.9. The van der Waals surface area contributed by atoms with Crippen molar-refractivity contribution < 1.29 is 18.0 Å². The van der Waals surface area contributed by atoms with Crippen molar-refractivity contribution in [3.63, 3.8) is 0 Å². The minimum absolute atomic E-state index is 0. The first kappa shape index (κ1) is 23.2. The van der Waals surface area contributed by atoms with E-state index in [1.54, 1.807) is 29.2 Å². The van der Waals surface area contributed by atoms with Crippen LogP contribution in [-0.2, 0) is 11.3 Å². The van der Waals surface area contributed by atoms with Crippen LogP contribution in [0.2, 0.25) is 0 Å². The summed E-state index contributed by atoms with van der Waals surface area (Å²) in [5.41, 5.74) is 5.30. The first-order chi connectivity index (χ1) is 13.3. The highest BCUT2D eigenvalue weighted by Gasteiger charge is 2.62. The number of hydrogen-bond donors (Lipinski definition) is 2. The lowest BCUT2D eigenvalue weighted by atomic mass is 9.85. The molecule has 2 atom stereocenters. The molecule has 1 saturated heterocycles. The van der Waals surface area contributed by atoms with Gasteiger partial charge in [-0.15, -0.1) is 12.4 Å². The minimum Gasteiger partial charge on any atom is -0.353 e. The lowest BCUT2D eigenvalue weighted by Gasteiger charge is -2.31. The molecule has 4 nitrogen and oxygen atoms in total. The van der Waals surface area contributed by atoms with Crippen molar-refractivity contribution in [3.05, 3.63) is 71.8 Å². The third-order valence-corrected chi connectivity index (χ3v) is 5.28. The zero-order valence-corrected chi connectivity index (χ0v) is 16.7. The van der Waals surface area contributed by atoms with Gasteiger partial charge in [0.1, 0.15) is 0 Å². The SMILES string of the molecule is Cl.NC(CNC(=O)C1(C(F)(F)F)CCN(Cc2ccccc2)C1)c1ccccc1. The average molecular weight is 428 g/mol. The largest absolute Gasteiger partial charge is 0.404 e. The van der Waals surface area contributed by atoms with Crippen molar-refractivity contribution in [2.75, 3.05) is 19.6 Å². The van der Waals surface area contributed by atoms with Gasteiger partial charge in [0.15, 0.2) is 5.41 Å². The number of nitrogens with two attached hydrogens (primary N) is 1. The van der Waals surface area contributed by atoms with Crippen LogP contribution in [0.1, 0.15) is 23.6 Å². The molecule has 1 amide bonds. The molecule has 0 saturated carbocycles. The molecule has 1 heterocycles. The highest BCUT2D eigenvalue weighted by molar-refractivity contribution is 5.85. The van der Waals surface area contributed by atoms with E-state index < -0.39 is 23.5 Å². The van der Waals surface area contributed by atoms with Crippen molar-refractivity contribution in [1.29, 1.82) is 0 Å². The van der Waals surface area contributed by atoms with Gasteiger partial charge in [-0.05, 0) is 24.1 Å². The van der Waals surface area contributed by atoms with E-state index in [1.807, 2.05) is 36.4 Å². The second kappa shape index (κ2) is 9.61. The maximum Gasteiger partial charge on any atom is 0.404 e. The highest BCUT2D eigenvalue weighted by Crippen LogP contribution is 2.46. The lowest BCUT2D eigenvalue weighted by Crippen LogP contribution is -2.53. The molecule has 0 radical (unpaired) electrons. The van der Waals surface area contributed by atoms with Gasteiger partial charge in [0, 0.05) is 25.7 Å². The summed E-state index contributed by atoms with van der Waals surface area (Å²) in [5.74, 6) is -0.998. The van der Waals surface area contributed by atoms with Gasteiger partial charge >= 0.3 is 6.18 Å². The van der Waals surface area contributed by atoms with E-state index in [1.165, 1.54) is 0 Å². The Bertz CT molecular complexity index is 789. The van der Waals surface area contributed by atoms with E-state index in [9.17, 15) is 18.0 Å². The Balaban J connectivity index is 0.00000300. The van der Waals surface area contributed by atoms with Crippen LogP contribution in [-0.4, -0.2) is 36.6 Å². The summed E-state index contributed by atoms with van der Waals surface area (Å²) in [6.07, 6.45) is -4.88. The average Bonchev–Trinajstić information content (AvgIpc) is 3.12. The molecule has 2 unspecified atom stereocenters. The molecule has 0 aliphatic carbocycles. The van der Waals surface area contributed by atoms with E-state index in [4.69, 9.17) is 5.73 Å². The normalized spacial score (nSPS) is 20.7. The van der Waals surface area contributed by atoms with Gasteiger partial charge in [-0.2, -0.15) is 13.2 Å². The Hall–Kier alpha value is -2.09. The number of rotatable bonds is 6. The topological polar surface area (TPSA) is 58.4 Å². The van der Waals surface area contributed by atoms with Crippen LogP contribution in [0.3, 0.4) is 0 Å². The molecule has 2 aromatic carbocycles. The van der Waals surface area contributed by atoms with Crippen LogP contribution in [0.4, 0.5) is 13.2 Å². The number of hydrogen-bond acceptors (Lipinski definition) is 3. The maximum atomic E-state index is 13.9. The standard InChI is InChI=1S/C21H24F3N3O.ClH/c22-21(23,24)20(11-12-27(15-20)14-16-7-3-1-4-8-16)19(28)26-13-18(25)17-9-5-2-6-10-17;/h1-10,18H,11-15,25H2,(H,26,28);1H. The van der Waals surface area contributed by atoms with Gasteiger partial charge in [0.05, 0.1) is 0 Å². The molecular weight excluding hydrogens is 403 g/mol. The van der Waals surface area contributed by atoms with E-state index in [2.05, 4.69) is 5.32 Å².